The van der Waals surface area contributed by atoms with E-state index >= 15 is 0 Å². The molecule has 3 aliphatic heterocycles. The number of nitrogens with one attached hydrogen (secondary N) is 1. The lowest BCUT2D eigenvalue weighted by Crippen LogP contribution is -2.62. The van der Waals surface area contributed by atoms with E-state index < -0.39 is 11.7 Å². The zero-order valence-corrected chi connectivity index (χ0v) is 19.7. The third kappa shape index (κ3) is 5.06. The van der Waals surface area contributed by atoms with Gasteiger partial charge in [0.05, 0.1) is 30.7 Å². The zero-order chi connectivity index (χ0) is 23.7. The van der Waals surface area contributed by atoms with Crippen molar-refractivity contribution in [2.45, 2.75) is 50.4 Å². The van der Waals surface area contributed by atoms with Crippen LogP contribution in [0, 0.1) is 5.92 Å². The molecule has 0 radical (unpaired) electrons. The summed E-state index contributed by atoms with van der Waals surface area (Å²) in [7, 11) is 0. The molecule has 188 valence electrons. The van der Waals surface area contributed by atoms with Crippen molar-refractivity contribution >= 4 is 11.6 Å². The third-order valence-corrected chi connectivity index (χ3v) is 8.08. The van der Waals surface area contributed by atoms with Crippen LogP contribution in [0.1, 0.15) is 36.8 Å². The highest BCUT2D eigenvalue weighted by Gasteiger charge is 2.43. The lowest BCUT2D eigenvalue weighted by atomic mass is 9.82. The minimum absolute atomic E-state index is 0.0121. The zero-order valence-electron chi connectivity index (χ0n) is 19.7. The van der Waals surface area contributed by atoms with Crippen molar-refractivity contribution in [2.24, 2.45) is 5.92 Å². The van der Waals surface area contributed by atoms with Crippen molar-refractivity contribution in [3.63, 3.8) is 0 Å². The highest BCUT2D eigenvalue weighted by Crippen LogP contribution is 2.40. The fraction of sp³-hybridized carbons (Fsp3) is 0.720. The molecule has 1 amide bonds. The lowest BCUT2D eigenvalue weighted by molar-refractivity contribution is -0.137. The fourth-order valence-electron chi connectivity index (χ4n) is 6.22. The summed E-state index contributed by atoms with van der Waals surface area (Å²) in [5.41, 5.74) is 0.857. The Bertz CT molecular complexity index is 868. The number of ether oxygens (including phenoxy) is 1. The number of benzene rings is 1. The molecule has 2 saturated heterocycles. The van der Waals surface area contributed by atoms with Crippen molar-refractivity contribution in [3.8, 4) is 0 Å². The van der Waals surface area contributed by atoms with Gasteiger partial charge in [-0.05, 0) is 43.0 Å². The van der Waals surface area contributed by atoms with Crippen LogP contribution in [0.3, 0.4) is 0 Å². The number of alkyl halides is 3. The van der Waals surface area contributed by atoms with E-state index in [1.807, 2.05) is 0 Å². The van der Waals surface area contributed by atoms with Crippen LogP contribution < -0.4 is 10.2 Å². The molecule has 5 rings (SSSR count). The van der Waals surface area contributed by atoms with Crippen LogP contribution in [0.2, 0.25) is 0 Å². The summed E-state index contributed by atoms with van der Waals surface area (Å²) in [5.74, 6) is -0.399. The Morgan fingerprint density at radius 1 is 1.09 bits per heavy atom. The maximum Gasteiger partial charge on any atom is 0.416 e. The number of piperazine rings is 1. The Labute approximate surface area is 199 Å². The molecule has 1 aliphatic carbocycles. The predicted molar refractivity (Wildman–Crippen MR) is 124 cm³/mol. The Morgan fingerprint density at radius 3 is 2.59 bits per heavy atom. The number of halogens is 3. The number of morpholine rings is 1. The second kappa shape index (κ2) is 10.0. The maximum atomic E-state index is 13.4. The summed E-state index contributed by atoms with van der Waals surface area (Å²) < 4.78 is 45.6. The molecule has 0 aromatic heterocycles. The highest BCUT2D eigenvalue weighted by atomic mass is 19.4. The molecule has 2 atom stereocenters. The Hall–Kier alpha value is -1.84. The number of fused-ring (bicyclic) bond motifs is 3. The smallest absolute Gasteiger partial charge is 0.379 e. The van der Waals surface area contributed by atoms with Gasteiger partial charge in [-0.3, -0.25) is 14.6 Å². The first kappa shape index (κ1) is 23.9. The fourth-order valence-corrected chi connectivity index (χ4v) is 6.22. The standard InChI is InChI=1S/C25H35F3N4O2/c26-25(27,28)19-5-6-22-18(15-19)16-21(24(33)29-7-8-30-11-13-34-14-12-30)23-17-31(9-10-32(22)23)20-3-1-2-4-20/h5-6,15,20-21,23H,1-4,7-14,16-17H2,(H,29,33)/t21-,23+/m1/s1. The van der Waals surface area contributed by atoms with E-state index in [0.29, 0.717) is 37.8 Å². The third-order valence-electron chi connectivity index (χ3n) is 8.08. The molecule has 6 nitrogen and oxygen atoms in total. The average molecular weight is 481 g/mol. The van der Waals surface area contributed by atoms with Gasteiger partial charge >= 0.3 is 6.18 Å². The maximum absolute atomic E-state index is 13.4. The SMILES string of the molecule is O=C(NCCN1CCOCC1)[C@@H]1Cc2cc(C(F)(F)F)ccc2N2CCN(C3CCCC3)C[C@@H]12. The molecule has 3 fully saturated rings. The highest BCUT2D eigenvalue weighted by molar-refractivity contribution is 5.82. The largest absolute Gasteiger partial charge is 0.416 e. The molecule has 3 heterocycles. The van der Waals surface area contributed by atoms with Crippen LogP contribution in [-0.2, 0) is 22.1 Å². The first-order chi connectivity index (χ1) is 16.4. The van der Waals surface area contributed by atoms with Gasteiger partial charge in [0.25, 0.3) is 0 Å². The number of carbonyl (C=O) groups excluding carboxylic acids is 1. The topological polar surface area (TPSA) is 48.1 Å². The quantitative estimate of drug-likeness (QED) is 0.703. The molecule has 1 aromatic rings. The van der Waals surface area contributed by atoms with Crippen molar-refractivity contribution in [2.75, 3.05) is 63.9 Å². The monoisotopic (exact) mass is 480 g/mol. The number of rotatable bonds is 5. The van der Waals surface area contributed by atoms with Gasteiger partial charge in [0, 0.05) is 57.5 Å². The van der Waals surface area contributed by atoms with Crippen molar-refractivity contribution < 1.29 is 22.7 Å². The summed E-state index contributed by atoms with van der Waals surface area (Å²) in [4.78, 5) is 20.4. The summed E-state index contributed by atoms with van der Waals surface area (Å²) >= 11 is 0. The Morgan fingerprint density at radius 2 is 1.85 bits per heavy atom. The van der Waals surface area contributed by atoms with Crippen LogP contribution in [0.4, 0.5) is 18.9 Å². The molecular weight excluding hydrogens is 445 g/mol. The lowest BCUT2D eigenvalue weighted by Gasteiger charge is -2.50. The molecule has 1 aromatic carbocycles. The molecule has 4 aliphatic rings. The second-order valence-corrected chi connectivity index (χ2v) is 10.1. The first-order valence-electron chi connectivity index (χ1n) is 12.7. The van der Waals surface area contributed by atoms with E-state index in [4.69, 9.17) is 4.74 Å². The van der Waals surface area contributed by atoms with E-state index in [-0.39, 0.29) is 17.9 Å². The van der Waals surface area contributed by atoms with Crippen LogP contribution in [-0.4, -0.2) is 86.8 Å². The number of nitrogens with zero attached hydrogens (tertiary/aromatic N) is 3. The van der Waals surface area contributed by atoms with E-state index in [2.05, 4.69) is 20.0 Å². The minimum atomic E-state index is -4.39. The van der Waals surface area contributed by atoms with Gasteiger partial charge in [-0.1, -0.05) is 12.8 Å². The number of anilines is 1. The molecule has 1 N–H and O–H groups in total. The van der Waals surface area contributed by atoms with Crippen LogP contribution in [0.25, 0.3) is 0 Å². The van der Waals surface area contributed by atoms with Crippen LogP contribution in [0.15, 0.2) is 18.2 Å². The van der Waals surface area contributed by atoms with E-state index in [9.17, 15) is 18.0 Å². The number of hydrogen-bond donors (Lipinski definition) is 1. The molecule has 9 heteroatoms. The first-order valence-corrected chi connectivity index (χ1v) is 12.7. The van der Waals surface area contributed by atoms with Crippen LogP contribution in [0.5, 0.6) is 0 Å². The van der Waals surface area contributed by atoms with E-state index in [1.165, 1.54) is 37.8 Å². The Kier molecular flexibility index (Phi) is 7.04. The molecule has 0 bridgehead atoms. The minimum Gasteiger partial charge on any atom is -0.379 e. The summed E-state index contributed by atoms with van der Waals surface area (Å²) in [6.07, 6.45) is 0.878. The van der Waals surface area contributed by atoms with Crippen molar-refractivity contribution in [1.29, 1.82) is 0 Å². The van der Waals surface area contributed by atoms with Gasteiger partial charge in [0.2, 0.25) is 5.91 Å². The normalized spacial score (nSPS) is 26.9. The van der Waals surface area contributed by atoms with E-state index in [0.717, 1.165) is 45.0 Å². The number of amides is 1. The molecule has 0 spiro atoms. The van der Waals surface area contributed by atoms with Gasteiger partial charge in [-0.2, -0.15) is 13.2 Å². The van der Waals surface area contributed by atoms with Crippen molar-refractivity contribution in [3.05, 3.63) is 29.3 Å². The average Bonchev–Trinajstić information content (AvgIpc) is 3.38. The number of carbonyl (C=O) groups is 1. The van der Waals surface area contributed by atoms with Crippen LogP contribution >= 0.6 is 0 Å². The van der Waals surface area contributed by atoms with Gasteiger partial charge in [0.1, 0.15) is 0 Å². The van der Waals surface area contributed by atoms with Gasteiger partial charge in [-0.25, -0.2) is 0 Å². The van der Waals surface area contributed by atoms with Gasteiger partial charge < -0.3 is 15.0 Å². The van der Waals surface area contributed by atoms with Gasteiger partial charge in [0.15, 0.2) is 0 Å². The molecule has 0 unspecified atom stereocenters. The summed E-state index contributed by atoms with van der Waals surface area (Å²) in [6.45, 7) is 6.89. The second-order valence-electron chi connectivity index (χ2n) is 10.1. The summed E-state index contributed by atoms with van der Waals surface area (Å²) in [6, 6.07) is 4.61. The molecule has 34 heavy (non-hydrogen) atoms. The molecular formula is C25H35F3N4O2. The van der Waals surface area contributed by atoms with Gasteiger partial charge in [-0.15, -0.1) is 0 Å². The molecule has 1 saturated carbocycles. The Balaban J connectivity index is 1.33. The van der Waals surface area contributed by atoms with Crippen molar-refractivity contribution in [1.82, 2.24) is 15.1 Å². The predicted octanol–water partition coefficient (Wildman–Crippen LogP) is 2.76. The summed E-state index contributed by atoms with van der Waals surface area (Å²) in [5, 5.41) is 3.10. The van der Waals surface area contributed by atoms with E-state index in [1.54, 1.807) is 6.07 Å². The number of hydrogen-bond acceptors (Lipinski definition) is 5.